The molecule has 0 aromatic heterocycles. The molecule has 0 radical (unpaired) electrons. The van der Waals surface area contributed by atoms with Gasteiger partial charge in [-0.25, -0.2) is 0 Å². The van der Waals surface area contributed by atoms with Crippen molar-refractivity contribution in [1.29, 1.82) is 0 Å². The van der Waals surface area contributed by atoms with Crippen LogP contribution in [0.1, 0.15) is 23.2 Å². The molecule has 0 aliphatic heterocycles. The number of rotatable bonds is 3. The normalized spacial score (nSPS) is 13.9. The maximum absolute atomic E-state index is 9.46. The van der Waals surface area contributed by atoms with Crippen molar-refractivity contribution in [2.75, 3.05) is 0 Å². The average Bonchev–Trinajstić information content (AvgIpc) is 2.35. The Labute approximate surface area is 147 Å². The predicted molar refractivity (Wildman–Crippen MR) is 90.1 cm³/mol. The van der Waals surface area contributed by atoms with Crippen LogP contribution in [0.15, 0.2) is 24.3 Å². The molecule has 118 valence electrons. The zero-order valence-corrected chi connectivity index (χ0v) is 14.0. The molecule has 0 saturated carbocycles. The van der Waals surface area contributed by atoms with Crippen LogP contribution in [0.5, 0.6) is 11.5 Å². The average molecular weight is 382 g/mol. The molecule has 0 fully saturated rings. The van der Waals surface area contributed by atoms with Crippen LogP contribution < -0.4 is 11.5 Å². The molecular formula is C14H12Cl4N2O2. The summed E-state index contributed by atoms with van der Waals surface area (Å²) in [7, 11) is 0. The van der Waals surface area contributed by atoms with Crippen LogP contribution in [-0.2, 0) is 0 Å². The Morgan fingerprint density at radius 2 is 0.864 bits per heavy atom. The van der Waals surface area contributed by atoms with E-state index in [0.29, 0.717) is 11.1 Å². The highest BCUT2D eigenvalue weighted by Gasteiger charge is 2.26. The maximum Gasteiger partial charge on any atom is 0.118 e. The number of nitrogens with two attached hydrogens (primary N) is 2. The molecule has 4 nitrogen and oxygen atoms in total. The summed E-state index contributed by atoms with van der Waals surface area (Å²) < 4.78 is 0. The lowest BCUT2D eigenvalue weighted by Gasteiger charge is -2.24. The second-order valence-corrected chi connectivity index (χ2v) is 6.33. The third kappa shape index (κ3) is 3.38. The molecular weight excluding hydrogens is 370 g/mol. The monoisotopic (exact) mass is 380 g/mol. The van der Waals surface area contributed by atoms with E-state index in [1.54, 1.807) is 0 Å². The van der Waals surface area contributed by atoms with E-state index in [-0.39, 0.29) is 31.6 Å². The van der Waals surface area contributed by atoms with Gasteiger partial charge >= 0.3 is 0 Å². The first-order valence-electron chi connectivity index (χ1n) is 6.09. The lowest BCUT2D eigenvalue weighted by molar-refractivity contribution is 0.473. The summed E-state index contributed by atoms with van der Waals surface area (Å²) in [6.45, 7) is 0. The number of phenolic OH excluding ortho intramolecular Hbond substituents is 2. The number of hydrogen-bond acceptors (Lipinski definition) is 4. The minimum Gasteiger partial charge on any atom is -0.508 e. The first-order valence-corrected chi connectivity index (χ1v) is 7.60. The topological polar surface area (TPSA) is 92.5 Å². The molecule has 22 heavy (non-hydrogen) atoms. The standard InChI is InChI=1S/C14H12Cl4N2O2/c15-7-1-5(21)2-8(16)11(7)13(19)14(20)12-9(17)3-6(22)4-10(12)18/h1-4,13-14,21-22H,19-20H2/t13-,14+. The van der Waals surface area contributed by atoms with Gasteiger partial charge in [-0.05, 0) is 24.3 Å². The van der Waals surface area contributed by atoms with Crippen LogP contribution in [0.25, 0.3) is 0 Å². The van der Waals surface area contributed by atoms with E-state index >= 15 is 0 Å². The first-order chi connectivity index (χ1) is 10.2. The number of hydrogen-bond donors (Lipinski definition) is 4. The Balaban J connectivity index is 2.49. The third-order valence-corrected chi connectivity index (χ3v) is 4.43. The fraction of sp³-hybridized carbons (Fsp3) is 0.143. The van der Waals surface area contributed by atoms with E-state index < -0.39 is 12.1 Å². The summed E-state index contributed by atoms with van der Waals surface area (Å²) >= 11 is 24.3. The van der Waals surface area contributed by atoms with E-state index in [2.05, 4.69) is 0 Å². The molecule has 0 unspecified atom stereocenters. The van der Waals surface area contributed by atoms with Gasteiger partial charge in [0, 0.05) is 11.1 Å². The van der Waals surface area contributed by atoms with Gasteiger partial charge in [0.1, 0.15) is 11.5 Å². The molecule has 2 rings (SSSR count). The van der Waals surface area contributed by atoms with Gasteiger partial charge in [-0.3, -0.25) is 0 Å². The molecule has 2 aromatic rings. The number of benzene rings is 2. The molecule has 8 heteroatoms. The summed E-state index contributed by atoms with van der Waals surface area (Å²) in [5.41, 5.74) is 13.0. The van der Waals surface area contributed by atoms with Crippen molar-refractivity contribution in [3.8, 4) is 11.5 Å². The van der Waals surface area contributed by atoms with Gasteiger partial charge in [0.05, 0.1) is 32.2 Å². The second-order valence-electron chi connectivity index (χ2n) is 4.70. The SMILES string of the molecule is N[C@H](c1c(Cl)cc(O)cc1Cl)[C@@H](N)c1c(Cl)cc(O)cc1Cl. The van der Waals surface area contributed by atoms with Gasteiger partial charge < -0.3 is 21.7 Å². The third-order valence-electron chi connectivity index (χ3n) is 3.18. The fourth-order valence-electron chi connectivity index (χ4n) is 2.14. The lowest BCUT2D eigenvalue weighted by atomic mass is 9.94. The van der Waals surface area contributed by atoms with Crippen molar-refractivity contribution in [2.24, 2.45) is 11.5 Å². The van der Waals surface area contributed by atoms with Crippen molar-refractivity contribution >= 4 is 46.4 Å². The van der Waals surface area contributed by atoms with Gasteiger partial charge in [-0.1, -0.05) is 46.4 Å². The highest BCUT2D eigenvalue weighted by molar-refractivity contribution is 6.37. The van der Waals surface area contributed by atoms with E-state index in [4.69, 9.17) is 57.9 Å². The van der Waals surface area contributed by atoms with E-state index in [0.717, 1.165) is 0 Å². The highest BCUT2D eigenvalue weighted by atomic mass is 35.5. The van der Waals surface area contributed by atoms with Crippen LogP contribution in [0, 0.1) is 0 Å². The van der Waals surface area contributed by atoms with Crippen LogP contribution in [0.2, 0.25) is 20.1 Å². The molecule has 0 saturated heterocycles. The van der Waals surface area contributed by atoms with Gasteiger partial charge in [-0.15, -0.1) is 0 Å². The first kappa shape index (κ1) is 17.5. The zero-order chi connectivity index (χ0) is 16.6. The lowest BCUT2D eigenvalue weighted by Crippen LogP contribution is -2.27. The summed E-state index contributed by atoms with van der Waals surface area (Å²) in [6.07, 6.45) is 0. The van der Waals surface area contributed by atoms with Crippen LogP contribution in [-0.4, -0.2) is 10.2 Å². The molecule has 2 atom stereocenters. The summed E-state index contributed by atoms with van der Waals surface area (Å²) in [5, 5.41) is 19.6. The summed E-state index contributed by atoms with van der Waals surface area (Å²) in [6, 6.07) is 3.62. The maximum atomic E-state index is 9.46. The largest absolute Gasteiger partial charge is 0.508 e. The van der Waals surface area contributed by atoms with E-state index in [1.165, 1.54) is 24.3 Å². The van der Waals surface area contributed by atoms with Crippen LogP contribution in [0.3, 0.4) is 0 Å². The van der Waals surface area contributed by atoms with Crippen molar-refractivity contribution in [2.45, 2.75) is 12.1 Å². The Morgan fingerprint density at radius 3 is 1.09 bits per heavy atom. The van der Waals surface area contributed by atoms with Gasteiger partial charge in [0.2, 0.25) is 0 Å². The second kappa shape index (κ2) is 6.71. The summed E-state index contributed by atoms with van der Waals surface area (Å²) in [4.78, 5) is 0. The highest BCUT2D eigenvalue weighted by Crippen LogP contribution is 2.41. The molecule has 0 aliphatic rings. The number of halogens is 4. The van der Waals surface area contributed by atoms with Gasteiger partial charge in [0.25, 0.3) is 0 Å². The smallest absolute Gasteiger partial charge is 0.118 e. The molecule has 0 amide bonds. The zero-order valence-electron chi connectivity index (χ0n) is 11.0. The van der Waals surface area contributed by atoms with E-state index in [1.807, 2.05) is 0 Å². The molecule has 0 aliphatic carbocycles. The minimum absolute atomic E-state index is 0.0831. The van der Waals surface area contributed by atoms with Gasteiger partial charge in [-0.2, -0.15) is 0 Å². The van der Waals surface area contributed by atoms with Crippen molar-refractivity contribution in [3.63, 3.8) is 0 Å². The quantitative estimate of drug-likeness (QED) is 0.633. The minimum atomic E-state index is -0.819. The van der Waals surface area contributed by atoms with Crippen LogP contribution in [0.4, 0.5) is 0 Å². The van der Waals surface area contributed by atoms with Crippen molar-refractivity contribution < 1.29 is 10.2 Å². The molecule has 2 aromatic carbocycles. The van der Waals surface area contributed by atoms with E-state index in [9.17, 15) is 10.2 Å². The molecule has 6 N–H and O–H groups in total. The molecule has 0 bridgehead atoms. The van der Waals surface area contributed by atoms with Crippen LogP contribution >= 0.6 is 46.4 Å². The molecule has 0 heterocycles. The Bertz CT molecular complexity index is 616. The number of phenols is 2. The van der Waals surface area contributed by atoms with Crippen molar-refractivity contribution in [3.05, 3.63) is 55.5 Å². The Hall–Kier alpha value is -0.880. The Morgan fingerprint density at radius 1 is 0.636 bits per heavy atom. The number of aromatic hydroxyl groups is 2. The van der Waals surface area contributed by atoms with Gasteiger partial charge in [0.15, 0.2) is 0 Å². The van der Waals surface area contributed by atoms with Crippen molar-refractivity contribution in [1.82, 2.24) is 0 Å². The Kier molecular flexibility index (Phi) is 5.33. The fourth-order valence-corrected chi connectivity index (χ4v) is 3.59. The molecule has 0 spiro atoms. The summed E-state index contributed by atoms with van der Waals surface area (Å²) in [5.74, 6) is -0.166. The predicted octanol–water partition coefficient (Wildman–Crippen LogP) is 4.41.